The van der Waals surface area contributed by atoms with Gasteiger partial charge in [0.15, 0.2) is 5.65 Å². The van der Waals surface area contributed by atoms with Crippen molar-refractivity contribution >= 4 is 15.7 Å². The number of nitrogens with zero attached hydrogens (tertiary/aromatic N) is 4. The Kier molecular flexibility index (Phi) is 4.05. The molecule has 0 amide bonds. The Morgan fingerprint density at radius 2 is 1.88 bits per heavy atom. The first-order chi connectivity index (χ1) is 12.6. The zero-order chi connectivity index (χ0) is 17.7. The molecule has 2 saturated carbocycles. The van der Waals surface area contributed by atoms with Crippen molar-refractivity contribution in [2.24, 2.45) is 17.8 Å². The molecule has 5 rings (SSSR count). The van der Waals surface area contributed by atoms with Gasteiger partial charge in [-0.2, -0.15) is 0 Å². The molecule has 26 heavy (non-hydrogen) atoms. The van der Waals surface area contributed by atoms with E-state index in [1.165, 1.54) is 19.3 Å². The molecule has 3 heterocycles. The number of fused-ring (bicyclic) bond motifs is 3. The standard InChI is InChI=1S/C19H26N4O2S/c24-26(25,13-17-12-14-4-5-16(17)11-14)22-9-6-15(7-10-22)19-21-20-18-3-1-2-8-23(18)19/h1-3,8,14-17H,4-7,9-13H2. The van der Waals surface area contributed by atoms with E-state index in [2.05, 4.69) is 10.2 Å². The molecule has 0 aromatic carbocycles. The van der Waals surface area contributed by atoms with Crippen LogP contribution in [0.2, 0.25) is 0 Å². The second-order valence-corrected chi connectivity index (χ2v) is 10.4. The van der Waals surface area contributed by atoms with Crippen LogP contribution in [0.4, 0.5) is 0 Å². The van der Waals surface area contributed by atoms with Gasteiger partial charge in [-0.15, -0.1) is 10.2 Å². The van der Waals surface area contributed by atoms with E-state index in [-0.39, 0.29) is 5.92 Å². The second-order valence-electron chi connectivity index (χ2n) is 8.37. The molecule has 2 aliphatic carbocycles. The Morgan fingerprint density at radius 3 is 2.62 bits per heavy atom. The van der Waals surface area contributed by atoms with Crippen molar-refractivity contribution in [3.05, 3.63) is 30.2 Å². The van der Waals surface area contributed by atoms with Gasteiger partial charge < -0.3 is 0 Å². The molecule has 2 aromatic heterocycles. The van der Waals surface area contributed by atoms with Gasteiger partial charge in [0.05, 0.1) is 5.75 Å². The second kappa shape index (κ2) is 6.30. The fraction of sp³-hybridized carbons (Fsp3) is 0.684. The summed E-state index contributed by atoms with van der Waals surface area (Å²) in [5.74, 6) is 3.47. The van der Waals surface area contributed by atoms with Crippen LogP contribution in [0.25, 0.3) is 5.65 Å². The molecule has 1 saturated heterocycles. The van der Waals surface area contributed by atoms with Crippen LogP contribution in [0.5, 0.6) is 0 Å². The van der Waals surface area contributed by atoms with E-state index in [0.717, 1.165) is 36.7 Å². The van der Waals surface area contributed by atoms with Crippen molar-refractivity contribution in [1.82, 2.24) is 18.9 Å². The third kappa shape index (κ3) is 2.85. The van der Waals surface area contributed by atoms with Gasteiger partial charge in [0.2, 0.25) is 10.0 Å². The van der Waals surface area contributed by atoms with Crippen molar-refractivity contribution in [3.8, 4) is 0 Å². The van der Waals surface area contributed by atoms with Crippen LogP contribution in [-0.4, -0.2) is 46.2 Å². The van der Waals surface area contributed by atoms with Gasteiger partial charge in [0, 0.05) is 25.2 Å². The molecule has 2 bridgehead atoms. The summed E-state index contributed by atoms with van der Waals surface area (Å²) in [5.41, 5.74) is 0.855. The quantitative estimate of drug-likeness (QED) is 0.825. The molecule has 0 radical (unpaired) electrons. The highest BCUT2D eigenvalue weighted by Crippen LogP contribution is 2.49. The molecular weight excluding hydrogens is 348 g/mol. The number of rotatable bonds is 4. The maximum absolute atomic E-state index is 12.9. The highest BCUT2D eigenvalue weighted by molar-refractivity contribution is 7.89. The van der Waals surface area contributed by atoms with E-state index in [9.17, 15) is 8.42 Å². The molecule has 0 N–H and O–H groups in total. The molecular formula is C19H26N4O2S. The van der Waals surface area contributed by atoms with Gasteiger partial charge in [-0.25, -0.2) is 12.7 Å². The van der Waals surface area contributed by atoms with E-state index < -0.39 is 10.0 Å². The predicted octanol–water partition coefficient (Wildman–Crippen LogP) is 2.67. The molecule has 0 spiro atoms. The number of piperidine rings is 1. The smallest absolute Gasteiger partial charge is 0.214 e. The normalized spacial score (nSPS) is 30.4. The lowest BCUT2D eigenvalue weighted by molar-refractivity contribution is 0.302. The molecule has 2 aromatic rings. The minimum Gasteiger partial charge on any atom is -0.286 e. The summed E-state index contributed by atoms with van der Waals surface area (Å²) < 4.78 is 29.6. The van der Waals surface area contributed by atoms with Crippen molar-refractivity contribution in [1.29, 1.82) is 0 Å². The summed E-state index contributed by atoms with van der Waals surface area (Å²) in [6.07, 6.45) is 8.60. The summed E-state index contributed by atoms with van der Waals surface area (Å²) in [6.45, 7) is 1.21. The third-order valence-electron chi connectivity index (χ3n) is 6.86. The van der Waals surface area contributed by atoms with Gasteiger partial charge >= 0.3 is 0 Å². The van der Waals surface area contributed by atoms with E-state index >= 15 is 0 Å². The largest absolute Gasteiger partial charge is 0.286 e. The monoisotopic (exact) mass is 374 g/mol. The zero-order valence-corrected chi connectivity index (χ0v) is 15.8. The van der Waals surface area contributed by atoms with Gasteiger partial charge in [-0.3, -0.25) is 4.40 Å². The van der Waals surface area contributed by atoms with Gasteiger partial charge in [-0.05, 0) is 62.0 Å². The van der Waals surface area contributed by atoms with Crippen LogP contribution in [0.15, 0.2) is 24.4 Å². The van der Waals surface area contributed by atoms with Gasteiger partial charge in [0.25, 0.3) is 0 Å². The number of hydrogen-bond acceptors (Lipinski definition) is 4. The average Bonchev–Trinajstić information content (AvgIpc) is 3.36. The summed E-state index contributed by atoms with van der Waals surface area (Å²) in [4.78, 5) is 0. The summed E-state index contributed by atoms with van der Waals surface area (Å²) in [5, 5.41) is 8.59. The fourth-order valence-electron chi connectivity index (χ4n) is 5.49. The molecule has 7 heteroatoms. The molecule has 140 valence electrons. The Bertz CT molecular complexity index is 901. The van der Waals surface area contributed by atoms with Crippen LogP contribution < -0.4 is 0 Å². The average molecular weight is 375 g/mol. The lowest BCUT2D eigenvalue weighted by Crippen LogP contribution is -2.41. The van der Waals surface area contributed by atoms with Crippen LogP contribution in [0, 0.1) is 17.8 Å². The highest BCUT2D eigenvalue weighted by atomic mass is 32.2. The summed E-state index contributed by atoms with van der Waals surface area (Å²) >= 11 is 0. The topological polar surface area (TPSA) is 67.6 Å². The van der Waals surface area contributed by atoms with Gasteiger partial charge in [0.1, 0.15) is 5.82 Å². The minimum absolute atomic E-state index is 0.279. The third-order valence-corrected chi connectivity index (χ3v) is 8.86. The van der Waals surface area contributed by atoms with E-state index in [4.69, 9.17) is 0 Å². The SMILES string of the molecule is O=S(=O)(CC1CC2CCC1C2)N1CCC(c2nnc3ccccn23)CC1. The first-order valence-electron chi connectivity index (χ1n) is 9.87. The maximum atomic E-state index is 12.9. The Labute approximate surface area is 154 Å². The Balaban J connectivity index is 1.25. The van der Waals surface area contributed by atoms with E-state index in [1.54, 1.807) is 4.31 Å². The Morgan fingerprint density at radius 1 is 1.04 bits per heavy atom. The summed E-state index contributed by atoms with van der Waals surface area (Å²) in [6, 6.07) is 5.89. The maximum Gasteiger partial charge on any atom is 0.214 e. The van der Waals surface area contributed by atoms with E-state index in [0.29, 0.717) is 30.7 Å². The first-order valence-corrected chi connectivity index (χ1v) is 11.5. The van der Waals surface area contributed by atoms with Gasteiger partial charge in [-0.1, -0.05) is 12.5 Å². The van der Waals surface area contributed by atoms with E-state index in [1.807, 2.05) is 28.8 Å². The van der Waals surface area contributed by atoms with Crippen LogP contribution in [-0.2, 0) is 10.0 Å². The molecule has 3 fully saturated rings. The first kappa shape index (κ1) is 16.7. The van der Waals surface area contributed by atoms with Crippen molar-refractivity contribution in [2.75, 3.05) is 18.8 Å². The number of sulfonamides is 1. The zero-order valence-electron chi connectivity index (χ0n) is 15.0. The van der Waals surface area contributed by atoms with Crippen LogP contribution in [0.1, 0.15) is 50.3 Å². The highest BCUT2D eigenvalue weighted by Gasteiger charge is 2.42. The molecule has 6 nitrogen and oxygen atoms in total. The lowest BCUT2D eigenvalue weighted by atomic mass is 9.90. The Hall–Kier alpha value is -1.47. The predicted molar refractivity (Wildman–Crippen MR) is 99.3 cm³/mol. The van der Waals surface area contributed by atoms with Crippen molar-refractivity contribution in [3.63, 3.8) is 0 Å². The molecule has 3 unspecified atom stereocenters. The summed E-state index contributed by atoms with van der Waals surface area (Å²) in [7, 11) is -3.13. The number of aromatic nitrogens is 3. The molecule has 3 atom stereocenters. The molecule has 1 aliphatic heterocycles. The van der Waals surface area contributed by atoms with Crippen molar-refractivity contribution in [2.45, 2.75) is 44.4 Å². The lowest BCUT2D eigenvalue weighted by Gasteiger charge is -2.32. The fourth-order valence-corrected chi connectivity index (χ4v) is 7.41. The molecule has 3 aliphatic rings. The number of pyridine rings is 1. The van der Waals surface area contributed by atoms with Crippen LogP contribution in [0.3, 0.4) is 0 Å². The van der Waals surface area contributed by atoms with Crippen LogP contribution >= 0.6 is 0 Å². The minimum atomic E-state index is -3.13. The van der Waals surface area contributed by atoms with Crippen molar-refractivity contribution < 1.29 is 8.42 Å². The number of hydrogen-bond donors (Lipinski definition) is 0.